The fraction of sp³-hybridized carbons (Fsp3) is 0.583. The van der Waals surface area contributed by atoms with Gasteiger partial charge in [-0.1, -0.05) is 0 Å². The van der Waals surface area contributed by atoms with Crippen LogP contribution in [0.3, 0.4) is 0 Å². The van der Waals surface area contributed by atoms with Gasteiger partial charge < -0.3 is 11.1 Å². The second-order valence-electron chi connectivity index (χ2n) is 5.02. The van der Waals surface area contributed by atoms with Crippen LogP contribution in [0.1, 0.15) is 26.2 Å². The maximum atomic E-state index is 12.1. The van der Waals surface area contributed by atoms with E-state index < -0.39 is 0 Å². The first-order chi connectivity index (χ1) is 8.97. The number of carbonyl (C=O) groups excluding carboxylic acids is 1. The third-order valence-corrected chi connectivity index (χ3v) is 3.79. The molecule has 0 spiro atoms. The summed E-state index contributed by atoms with van der Waals surface area (Å²) in [5.74, 6) is 0.204. The SMILES string of the molecule is CC(CC(N)=O)Nc1cnn(CC2CC2)c(=O)c1Br. The van der Waals surface area contributed by atoms with Crippen LogP contribution in [0, 0.1) is 5.92 Å². The number of amides is 1. The van der Waals surface area contributed by atoms with Crippen LogP contribution in [-0.2, 0) is 11.3 Å². The van der Waals surface area contributed by atoms with Gasteiger partial charge >= 0.3 is 0 Å². The third kappa shape index (κ3) is 3.79. The van der Waals surface area contributed by atoms with Crippen molar-refractivity contribution in [2.24, 2.45) is 11.7 Å². The zero-order valence-electron chi connectivity index (χ0n) is 10.7. The van der Waals surface area contributed by atoms with Crippen molar-refractivity contribution in [2.75, 3.05) is 5.32 Å². The number of nitrogens with zero attached hydrogens (tertiary/aromatic N) is 2. The van der Waals surface area contributed by atoms with Gasteiger partial charge in [0.1, 0.15) is 4.47 Å². The van der Waals surface area contributed by atoms with E-state index in [4.69, 9.17) is 5.73 Å². The van der Waals surface area contributed by atoms with Crippen molar-refractivity contribution >= 4 is 27.5 Å². The van der Waals surface area contributed by atoms with Gasteiger partial charge in [-0.25, -0.2) is 4.68 Å². The van der Waals surface area contributed by atoms with E-state index in [9.17, 15) is 9.59 Å². The Morgan fingerprint density at radius 3 is 2.95 bits per heavy atom. The van der Waals surface area contributed by atoms with Gasteiger partial charge in [0, 0.05) is 19.0 Å². The van der Waals surface area contributed by atoms with E-state index >= 15 is 0 Å². The summed E-state index contributed by atoms with van der Waals surface area (Å²) in [4.78, 5) is 22.9. The van der Waals surface area contributed by atoms with Crippen LogP contribution in [0.5, 0.6) is 0 Å². The number of halogens is 1. The summed E-state index contributed by atoms with van der Waals surface area (Å²) >= 11 is 3.28. The van der Waals surface area contributed by atoms with Crippen molar-refractivity contribution in [3.63, 3.8) is 0 Å². The predicted octanol–water partition coefficient (Wildman–Crippen LogP) is 1.09. The minimum atomic E-state index is -0.383. The van der Waals surface area contributed by atoms with Crippen molar-refractivity contribution in [1.82, 2.24) is 9.78 Å². The highest BCUT2D eigenvalue weighted by molar-refractivity contribution is 9.10. The fourth-order valence-corrected chi connectivity index (χ4v) is 2.28. The molecule has 1 heterocycles. The molecule has 0 aliphatic heterocycles. The zero-order chi connectivity index (χ0) is 14.0. The van der Waals surface area contributed by atoms with E-state index in [-0.39, 0.29) is 23.9 Å². The van der Waals surface area contributed by atoms with Crippen molar-refractivity contribution in [3.8, 4) is 0 Å². The van der Waals surface area contributed by atoms with Crippen LogP contribution in [0.4, 0.5) is 5.69 Å². The Morgan fingerprint density at radius 2 is 2.37 bits per heavy atom. The molecule has 1 amide bonds. The Labute approximate surface area is 119 Å². The largest absolute Gasteiger partial charge is 0.380 e. The maximum absolute atomic E-state index is 12.1. The van der Waals surface area contributed by atoms with Crippen molar-refractivity contribution in [1.29, 1.82) is 0 Å². The number of carbonyl (C=O) groups is 1. The molecule has 0 aromatic carbocycles. The van der Waals surface area contributed by atoms with Crippen LogP contribution < -0.4 is 16.6 Å². The van der Waals surface area contributed by atoms with Crippen LogP contribution in [0.2, 0.25) is 0 Å². The Balaban J connectivity index is 2.11. The first kappa shape index (κ1) is 14.0. The second kappa shape index (κ2) is 5.73. The van der Waals surface area contributed by atoms with E-state index in [1.807, 2.05) is 6.92 Å². The molecule has 104 valence electrons. The second-order valence-corrected chi connectivity index (χ2v) is 5.81. The molecule has 1 aromatic rings. The highest BCUT2D eigenvalue weighted by Gasteiger charge is 2.23. The molecule has 1 aliphatic carbocycles. The standard InChI is InChI=1S/C12H17BrN4O2/c1-7(4-10(14)18)16-9-5-15-17(6-8-2-3-8)12(19)11(9)13/h5,7-8,16H,2-4,6H2,1H3,(H2,14,18). The van der Waals surface area contributed by atoms with Crippen LogP contribution >= 0.6 is 15.9 Å². The van der Waals surface area contributed by atoms with Gasteiger partial charge in [-0.2, -0.15) is 5.10 Å². The lowest BCUT2D eigenvalue weighted by atomic mass is 10.2. The van der Waals surface area contributed by atoms with Crippen molar-refractivity contribution in [2.45, 2.75) is 38.8 Å². The Bertz CT molecular complexity index is 539. The molecule has 2 rings (SSSR count). The quantitative estimate of drug-likeness (QED) is 0.817. The van der Waals surface area contributed by atoms with E-state index in [2.05, 4.69) is 26.3 Å². The summed E-state index contributed by atoms with van der Waals surface area (Å²) in [6.07, 6.45) is 4.14. The smallest absolute Gasteiger partial charge is 0.283 e. The molecular weight excluding hydrogens is 312 g/mol. The lowest BCUT2D eigenvalue weighted by Crippen LogP contribution is -2.28. The Kier molecular flexibility index (Phi) is 4.24. The molecule has 1 atom stereocenters. The van der Waals surface area contributed by atoms with Gasteiger partial charge in [-0.05, 0) is 41.6 Å². The number of rotatable bonds is 6. The number of hydrogen-bond donors (Lipinski definition) is 2. The van der Waals surface area contributed by atoms with Gasteiger partial charge in [-0.3, -0.25) is 9.59 Å². The number of primary amides is 1. The lowest BCUT2D eigenvalue weighted by molar-refractivity contribution is -0.118. The molecule has 1 aromatic heterocycles. The van der Waals surface area contributed by atoms with Crippen LogP contribution in [0.15, 0.2) is 15.5 Å². The summed E-state index contributed by atoms with van der Waals surface area (Å²) in [6.45, 7) is 2.50. The molecule has 1 fully saturated rings. The zero-order valence-corrected chi connectivity index (χ0v) is 12.3. The van der Waals surface area contributed by atoms with Gasteiger partial charge in [0.05, 0.1) is 11.9 Å². The minimum Gasteiger partial charge on any atom is -0.380 e. The first-order valence-corrected chi connectivity index (χ1v) is 7.07. The molecule has 7 heteroatoms. The van der Waals surface area contributed by atoms with Crippen molar-refractivity contribution in [3.05, 3.63) is 21.0 Å². The molecule has 0 bridgehead atoms. The van der Waals surface area contributed by atoms with E-state index in [0.29, 0.717) is 22.6 Å². The average molecular weight is 329 g/mol. The summed E-state index contributed by atoms with van der Waals surface area (Å²) in [5, 5.41) is 7.20. The topological polar surface area (TPSA) is 90.0 Å². The summed E-state index contributed by atoms with van der Waals surface area (Å²) in [7, 11) is 0. The van der Waals surface area contributed by atoms with Crippen molar-refractivity contribution < 1.29 is 4.79 Å². The average Bonchev–Trinajstić information content (AvgIpc) is 3.12. The third-order valence-electron chi connectivity index (χ3n) is 3.02. The normalized spacial score (nSPS) is 16.1. The summed E-state index contributed by atoms with van der Waals surface area (Å²) in [5.41, 5.74) is 5.57. The number of aromatic nitrogens is 2. The van der Waals surface area contributed by atoms with Gasteiger partial charge in [0.15, 0.2) is 0 Å². The molecule has 19 heavy (non-hydrogen) atoms. The number of nitrogens with one attached hydrogen (secondary N) is 1. The molecule has 0 radical (unpaired) electrons. The number of nitrogens with two attached hydrogens (primary N) is 1. The van der Waals surface area contributed by atoms with Crippen LogP contribution in [-0.4, -0.2) is 21.7 Å². The molecule has 0 saturated heterocycles. The lowest BCUT2D eigenvalue weighted by Gasteiger charge is -2.15. The molecule has 1 aliphatic rings. The molecule has 6 nitrogen and oxygen atoms in total. The number of hydrogen-bond acceptors (Lipinski definition) is 4. The van der Waals surface area contributed by atoms with Gasteiger partial charge in [0.25, 0.3) is 5.56 Å². The summed E-state index contributed by atoms with van der Waals surface area (Å²) < 4.78 is 1.92. The molecular formula is C12H17BrN4O2. The first-order valence-electron chi connectivity index (χ1n) is 6.28. The van der Waals surface area contributed by atoms with E-state index in [1.54, 1.807) is 6.20 Å². The van der Waals surface area contributed by atoms with E-state index in [1.165, 1.54) is 17.5 Å². The molecule has 3 N–H and O–H groups in total. The summed E-state index contributed by atoms with van der Waals surface area (Å²) in [6, 6.07) is -0.144. The number of anilines is 1. The van der Waals surface area contributed by atoms with E-state index in [0.717, 1.165) is 0 Å². The molecule has 1 unspecified atom stereocenters. The van der Waals surface area contributed by atoms with Gasteiger partial charge in [-0.15, -0.1) is 0 Å². The monoisotopic (exact) mass is 328 g/mol. The Morgan fingerprint density at radius 1 is 1.68 bits per heavy atom. The highest BCUT2D eigenvalue weighted by Crippen LogP contribution is 2.30. The predicted molar refractivity (Wildman–Crippen MR) is 75.8 cm³/mol. The highest BCUT2D eigenvalue weighted by atomic mass is 79.9. The minimum absolute atomic E-state index is 0.144. The van der Waals surface area contributed by atoms with Gasteiger partial charge in [0.2, 0.25) is 5.91 Å². The Hall–Kier alpha value is -1.37. The van der Waals surface area contributed by atoms with Crippen LogP contribution in [0.25, 0.3) is 0 Å². The fourth-order valence-electron chi connectivity index (χ4n) is 1.86. The maximum Gasteiger partial charge on any atom is 0.283 e. The molecule has 1 saturated carbocycles.